The number of nitrogens with one attached hydrogen (secondary N) is 1. The van der Waals surface area contributed by atoms with Crippen LogP contribution in [0, 0.1) is 5.92 Å². The van der Waals surface area contributed by atoms with Gasteiger partial charge in [-0.1, -0.05) is 12.8 Å². The fourth-order valence-corrected chi connectivity index (χ4v) is 2.53. The minimum absolute atomic E-state index is 0.565. The van der Waals surface area contributed by atoms with Crippen molar-refractivity contribution < 1.29 is 0 Å². The molecular formula is C12H17BrN2. The van der Waals surface area contributed by atoms with Gasteiger partial charge in [0.15, 0.2) is 0 Å². The van der Waals surface area contributed by atoms with E-state index in [2.05, 4.69) is 39.2 Å². The Bertz CT molecular complexity index is 304. The monoisotopic (exact) mass is 268 g/mol. The molecule has 0 radical (unpaired) electrons. The van der Waals surface area contributed by atoms with E-state index in [9.17, 15) is 0 Å². The fraction of sp³-hybridized carbons (Fsp3) is 0.583. The lowest BCUT2D eigenvalue weighted by Crippen LogP contribution is -2.23. The number of nitrogens with zero attached hydrogens (tertiary/aromatic N) is 1. The van der Waals surface area contributed by atoms with Crippen LogP contribution in [0.3, 0.4) is 0 Å². The van der Waals surface area contributed by atoms with Gasteiger partial charge in [-0.3, -0.25) is 0 Å². The summed E-state index contributed by atoms with van der Waals surface area (Å²) in [5, 5.41) is 3.53. The van der Waals surface area contributed by atoms with Gasteiger partial charge in [0, 0.05) is 6.04 Å². The van der Waals surface area contributed by atoms with Crippen molar-refractivity contribution >= 4 is 21.6 Å². The molecule has 0 spiro atoms. The van der Waals surface area contributed by atoms with Gasteiger partial charge in [-0.15, -0.1) is 0 Å². The summed E-state index contributed by atoms with van der Waals surface area (Å²) in [6.45, 7) is 2.28. The highest BCUT2D eigenvalue weighted by Crippen LogP contribution is 2.29. The van der Waals surface area contributed by atoms with Crippen LogP contribution >= 0.6 is 15.9 Å². The molecule has 82 valence electrons. The number of rotatable bonds is 3. The first-order valence-corrected chi connectivity index (χ1v) is 6.43. The van der Waals surface area contributed by atoms with Crippen LogP contribution in [0.25, 0.3) is 0 Å². The molecule has 1 aromatic rings. The molecule has 0 saturated heterocycles. The predicted molar refractivity (Wildman–Crippen MR) is 67.0 cm³/mol. The molecule has 0 aromatic carbocycles. The van der Waals surface area contributed by atoms with Gasteiger partial charge >= 0.3 is 0 Å². The largest absolute Gasteiger partial charge is 0.381 e. The van der Waals surface area contributed by atoms with Crippen LogP contribution < -0.4 is 5.32 Å². The molecule has 0 bridgehead atoms. The van der Waals surface area contributed by atoms with Crippen LogP contribution in [0.4, 0.5) is 5.69 Å². The maximum atomic E-state index is 4.21. The Morgan fingerprint density at radius 3 is 2.73 bits per heavy atom. The summed E-state index contributed by atoms with van der Waals surface area (Å²) in [6, 6.07) is 4.61. The lowest BCUT2D eigenvalue weighted by atomic mass is 10.00. The molecule has 1 N–H and O–H groups in total. The van der Waals surface area contributed by atoms with Crippen LogP contribution in [0.2, 0.25) is 0 Å². The van der Waals surface area contributed by atoms with E-state index in [1.165, 1.54) is 25.7 Å². The number of hydrogen-bond donors (Lipinski definition) is 1. The maximum Gasteiger partial charge on any atom is 0.106 e. The van der Waals surface area contributed by atoms with E-state index in [0.29, 0.717) is 6.04 Å². The highest BCUT2D eigenvalue weighted by molar-refractivity contribution is 9.10. The van der Waals surface area contributed by atoms with Gasteiger partial charge in [-0.25, -0.2) is 4.98 Å². The molecule has 2 rings (SSSR count). The van der Waals surface area contributed by atoms with E-state index >= 15 is 0 Å². The third kappa shape index (κ3) is 2.94. The average Bonchev–Trinajstić information content (AvgIpc) is 2.74. The second-order valence-electron chi connectivity index (χ2n) is 4.35. The van der Waals surface area contributed by atoms with Crippen LogP contribution in [0.15, 0.2) is 22.9 Å². The Balaban J connectivity index is 1.92. The van der Waals surface area contributed by atoms with Crippen molar-refractivity contribution in [3.05, 3.63) is 22.9 Å². The second kappa shape index (κ2) is 4.97. The molecule has 0 amide bonds. The summed E-state index contributed by atoms with van der Waals surface area (Å²) in [7, 11) is 0. The standard InChI is InChI=1S/C12H17BrN2/c1-9(10-4-2-3-5-10)15-11-6-7-12(13)14-8-11/h6-10,15H,2-5H2,1H3. The van der Waals surface area contributed by atoms with Gasteiger partial charge in [0.1, 0.15) is 4.60 Å². The molecule has 1 unspecified atom stereocenters. The first-order chi connectivity index (χ1) is 7.25. The normalized spacial score (nSPS) is 19.1. The number of aromatic nitrogens is 1. The van der Waals surface area contributed by atoms with E-state index in [-0.39, 0.29) is 0 Å². The SMILES string of the molecule is CC(Nc1ccc(Br)nc1)C1CCCC1. The Kier molecular flexibility index (Phi) is 3.62. The Morgan fingerprint density at radius 1 is 1.40 bits per heavy atom. The number of pyridine rings is 1. The van der Waals surface area contributed by atoms with E-state index < -0.39 is 0 Å². The molecule has 15 heavy (non-hydrogen) atoms. The Morgan fingerprint density at radius 2 is 2.13 bits per heavy atom. The van der Waals surface area contributed by atoms with Gasteiger partial charge in [0.25, 0.3) is 0 Å². The summed E-state index contributed by atoms with van der Waals surface area (Å²) in [6.07, 6.45) is 7.43. The molecule has 3 heteroatoms. The van der Waals surface area contributed by atoms with Crippen molar-refractivity contribution in [1.82, 2.24) is 4.98 Å². The molecular weight excluding hydrogens is 252 g/mol. The lowest BCUT2D eigenvalue weighted by molar-refractivity contribution is 0.482. The third-order valence-corrected chi connectivity index (χ3v) is 3.70. The van der Waals surface area contributed by atoms with Crippen molar-refractivity contribution in [2.45, 2.75) is 38.6 Å². The summed E-state index contributed by atoms with van der Waals surface area (Å²) >= 11 is 3.34. The third-order valence-electron chi connectivity index (χ3n) is 3.23. The average molecular weight is 269 g/mol. The molecule has 1 aliphatic rings. The molecule has 1 heterocycles. The molecule has 1 saturated carbocycles. The first kappa shape index (κ1) is 10.9. The minimum atomic E-state index is 0.565. The fourth-order valence-electron chi connectivity index (χ4n) is 2.30. The highest BCUT2D eigenvalue weighted by Gasteiger charge is 2.21. The van der Waals surface area contributed by atoms with Crippen LogP contribution in [0.1, 0.15) is 32.6 Å². The van der Waals surface area contributed by atoms with Crippen molar-refractivity contribution in [2.75, 3.05) is 5.32 Å². The summed E-state index contributed by atoms with van der Waals surface area (Å²) in [5.41, 5.74) is 1.12. The van der Waals surface area contributed by atoms with Crippen molar-refractivity contribution in [3.8, 4) is 0 Å². The quantitative estimate of drug-likeness (QED) is 0.843. The maximum absolute atomic E-state index is 4.21. The van der Waals surface area contributed by atoms with Crippen molar-refractivity contribution in [2.24, 2.45) is 5.92 Å². The van der Waals surface area contributed by atoms with Gasteiger partial charge in [-0.05, 0) is 53.7 Å². The topological polar surface area (TPSA) is 24.9 Å². The van der Waals surface area contributed by atoms with Crippen molar-refractivity contribution in [3.63, 3.8) is 0 Å². The Labute approximate surface area is 99.6 Å². The molecule has 2 nitrogen and oxygen atoms in total. The van der Waals surface area contributed by atoms with Crippen LogP contribution in [-0.4, -0.2) is 11.0 Å². The number of hydrogen-bond acceptors (Lipinski definition) is 2. The van der Waals surface area contributed by atoms with E-state index in [0.717, 1.165) is 16.2 Å². The lowest BCUT2D eigenvalue weighted by Gasteiger charge is -2.21. The first-order valence-electron chi connectivity index (χ1n) is 5.64. The Hall–Kier alpha value is -0.570. The summed E-state index contributed by atoms with van der Waals surface area (Å²) in [4.78, 5) is 4.21. The second-order valence-corrected chi connectivity index (χ2v) is 5.16. The molecule has 1 atom stereocenters. The van der Waals surface area contributed by atoms with E-state index in [1.807, 2.05) is 12.3 Å². The zero-order valence-electron chi connectivity index (χ0n) is 9.04. The van der Waals surface area contributed by atoms with Crippen LogP contribution in [-0.2, 0) is 0 Å². The van der Waals surface area contributed by atoms with Gasteiger partial charge < -0.3 is 5.32 Å². The molecule has 1 aromatic heterocycles. The highest BCUT2D eigenvalue weighted by atomic mass is 79.9. The smallest absolute Gasteiger partial charge is 0.106 e. The molecule has 0 aliphatic heterocycles. The van der Waals surface area contributed by atoms with Gasteiger partial charge in [0.05, 0.1) is 11.9 Å². The van der Waals surface area contributed by atoms with Crippen LogP contribution in [0.5, 0.6) is 0 Å². The zero-order chi connectivity index (χ0) is 10.7. The number of halogens is 1. The minimum Gasteiger partial charge on any atom is -0.381 e. The molecule has 1 aliphatic carbocycles. The van der Waals surface area contributed by atoms with Gasteiger partial charge in [0.2, 0.25) is 0 Å². The summed E-state index contributed by atoms with van der Waals surface area (Å²) < 4.78 is 0.890. The summed E-state index contributed by atoms with van der Waals surface area (Å²) in [5.74, 6) is 0.841. The van der Waals surface area contributed by atoms with E-state index in [4.69, 9.17) is 0 Å². The van der Waals surface area contributed by atoms with E-state index in [1.54, 1.807) is 0 Å². The van der Waals surface area contributed by atoms with Gasteiger partial charge in [-0.2, -0.15) is 0 Å². The van der Waals surface area contributed by atoms with Crippen molar-refractivity contribution in [1.29, 1.82) is 0 Å². The predicted octanol–water partition coefficient (Wildman–Crippen LogP) is 3.83. The zero-order valence-corrected chi connectivity index (χ0v) is 10.6. The molecule has 1 fully saturated rings. The number of anilines is 1.